The normalized spacial score (nSPS) is 36.2. The standard InChI is InChI=1S/C31H43NO10/c1-28(2,26(38)27(39)40)16-32-23(36)7-8-24(37)42-15-22(35)31(41)12-10-20-19-6-5-17-13-18(33)9-11-29(17,3)25(19)21(34)14-30(20,31)4/h9,11,13,19-21,25-26,34,38,41H,5-8,10,12,14-16H2,1-4H3,(H,32,36)(H,39,40)/t19-,20-,21-,25+,26?,29-,30-,31-/m0/s1. The number of Topliss-reactive ketones (excluding diaryl/α,β-unsaturated/α-hetero) is 1. The number of fused-ring (bicyclic) bond motifs is 5. The van der Waals surface area contributed by atoms with Crippen LogP contribution in [0.2, 0.25) is 0 Å². The SMILES string of the molecule is CC(C)(CNC(=O)CCC(=O)OCC(=O)[C@@]1(O)CC[C@H]2[C@@H]3CCC4=CC(=O)C=C[C@]4(C)[C@H]3[C@@H](O)C[C@@]21C)C(O)C(=O)O. The van der Waals surface area contributed by atoms with Gasteiger partial charge in [0.2, 0.25) is 11.7 Å². The summed E-state index contributed by atoms with van der Waals surface area (Å²) in [6.07, 6.45) is 4.50. The van der Waals surface area contributed by atoms with Gasteiger partial charge in [-0.25, -0.2) is 4.79 Å². The quantitative estimate of drug-likeness (QED) is 0.234. The van der Waals surface area contributed by atoms with Crippen LogP contribution in [0, 0.1) is 34.0 Å². The van der Waals surface area contributed by atoms with Crippen molar-refractivity contribution in [2.24, 2.45) is 34.0 Å². The van der Waals surface area contributed by atoms with Crippen molar-refractivity contribution in [2.45, 2.75) is 90.4 Å². The van der Waals surface area contributed by atoms with Crippen LogP contribution >= 0.6 is 0 Å². The average molecular weight is 590 g/mol. The van der Waals surface area contributed by atoms with Crippen molar-refractivity contribution < 1.29 is 49.1 Å². The number of hydrogen-bond donors (Lipinski definition) is 5. The summed E-state index contributed by atoms with van der Waals surface area (Å²) in [5, 5.41) is 44.4. The Bertz CT molecular complexity index is 1220. The van der Waals surface area contributed by atoms with Crippen LogP contribution in [-0.2, 0) is 28.7 Å². The summed E-state index contributed by atoms with van der Waals surface area (Å²) in [5.41, 5.74) is -3.28. The number of allylic oxidation sites excluding steroid dienone is 4. The summed E-state index contributed by atoms with van der Waals surface area (Å²) in [6, 6.07) is 0. The van der Waals surface area contributed by atoms with Crippen molar-refractivity contribution in [1.82, 2.24) is 5.32 Å². The van der Waals surface area contributed by atoms with Gasteiger partial charge in [0, 0.05) is 35.1 Å². The van der Waals surface area contributed by atoms with E-state index in [1.54, 1.807) is 12.2 Å². The molecule has 4 aliphatic carbocycles. The molecule has 11 nitrogen and oxygen atoms in total. The van der Waals surface area contributed by atoms with Crippen molar-refractivity contribution in [1.29, 1.82) is 0 Å². The van der Waals surface area contributed by atoms with Gasteiger partial charge < -0.3 is 30.5 Å². The molecule has 1 unspecified atom stereocenters. The molecular formula is C31H43NO10. The Morgan fingerprint density at radius 2 is 1.86 bits per heavy atom. The highest BCUT2D eigenvalue weighted by Crippen LogP contribution is 2.67. The number of aliphatic hydroxyl groups excluding tert-OH is 2. The first-order valence-corrected chi connectivity index (χ1v) is 14.7. The lowest BCUT2D eigenvalue weighted by molar-refractivity contribution is -0.181. The van der Waals surface area contributed by atoms with Crippen LogP contribution in [0.25, 0.3) is 0 Å². The number of esters is 1. The Balaban J connectivity index is 1.33. The van der Waals surface area contributed by atoms with Crippen LogP contribution < -0.4 is 5.32 Å². The summed E-state index contributed by atoms with van der Waals surface area (Å²) in [5.74, 6) is -3.57. The molecule has 0 aromatic heterocycles. The minimum absolute atomic E-state index is 0.0347. The number of carbonyl (C=O) groups is 5. The van der Waals surface area contributed by atoms with Crippen LogP contribution in [0.1, 0.15) is 72.6 Å². The van der Waals surface area contributed by atoms with E-state index in [1.165, 1.54) is 13.8 Å². The van der Waals surface area contributed by atoms with E-state index in [1.807, 2.05) is 13.0 Å². The van der Waals surface area contributed by atoms with E-state index < -0.39 is 64.3 Å². The topological polar surface area (TPSA) is 188 Å². The van der Waals surface area contributed by atoms with Crippen LogP contribution in [0.15, 0.2) is 23.8 Å². The molecule has 0 aromatic rings. The number of rotatable bonds is 10. The molecule has 0 aromatic carbocycles. The summed E-state index contributed by atoms with van der Waals surface area (Å²) < 4.78 is 5.14. The number of ether oxygens (including phenoxy) is 1. The predicted octanol–water partition coefficient (Wildman–Crippen LogP) is 1.48. The van der Waals surface area contributed by atoms with E-state index in [0.717, 1.165) is 12.0 Å². The highest BCUT2D eigenvalue weighted by molar-refractivity contribution is 6.01. The zero-order valence-electron chi connectivity index (χ0n) is 24.7. The lowest BCUT2D eigenvalue weighted by Crippen LogP contribution is -2.61. The van der Waals surface area contributed by atoms with Gasteiger partial charge in [-0.05, 0) is 56.1 Å². The number of nitrogens with one attached hydrogen (secondary N) is 1. The van der Waals surface area contributed by atoms with Crippen LogP contribution in [-0.4, -0.2) is 80.8 Å². The lowest BCUT2D eigenvalue weighted by Gasteiger charge is -2.59. The van der Waals surface area contributed by atoms with Crippen molar-refractivity contribution >= 4 is 29.4 Å². The molecule has 0 heterocycles. The second-order valence-electron chi connectivity index (χ2n) is 13.7. The summed E-state index contributed by atoms with van der Waals surface area (Å²) in [6.45, 7) is 6.07. The van der Waals surface area contributed by atoms with E-state index in [0.29, 0.717) is 12.8 Å². The number of ketones is 2. The number of carboxylic acids is 1. The third-order valence-corrected chi connectivity index (χ3v) is 10.7. The van der Waals surface area contributed by atoms with Gasteiger partial charge in [0.1, 0.15) is 5.60 Å². The third-order valence-electron chi connectivity index (χ3n) is 10.7. The van der Waals surface area contributed by atoms with Gasteiger partial charge in [-0.1, -0.05) is 39.3 Å². The van der Waals surface area contributed by atoms with Crippen LogP contribution in [0.5, 0.6) is 0 Å². The number of amides is 1. The van der Waals surface area contributed by atoms with E-state index >= 15 is 0 Å². The maximum Gasteiger partial charge on any atom is 0.333 e. The molecule has 0 aliphatic heterocycles. The first kappa shape index (κ1) is 32.0. The summed E-state index contributed by atoms with van der Waals surface area (Å²) in [4.78, 5) is 60.9. The summed E-state index contributed by atoms with van der Waals surface area (Å²) in [7, 11) is 0. The molecule has 1 amide bonds. The molecule has 232 valence electrons. The van der Waals surface area contributed by atoms with Gasteiger partial charge in [-0.2, -0.15) is 0 Å². The molecule has 4 aliphatic rings. The molecule has 3 saturated carbocycles. The number of carbonyl (C=O) groups excluding carboxylic acids is 4. The van der Waals surface area contributed by atoms with Gasteiger partial charge in [0.05, 0.1) is 12.5 Å². The highest BCUT2D eigenvalue weighted by atomic mass is 16.5. The molecule has 0 saturated heterocycles. The number of aliphatic hydroxyl groups is 3. The smallest absolute Gasteiger partial charge is 0.333 e. The van der Waals surface area contributed by atoms with Crippen molar-refractivity contribution in [3.05, 3.63) is 23.8 Å². The fraction of sp³-hybridized carbons (Fsp3) is 0.710. The molecule has 0 radical (unpaired) electrons. The molecule has 0 bridgehead atoms. The Morgan fingerprint density at radius 3 is 2.52 bits per heavy atom. The van der Waals surface area contributed by atoms with Gasteiger partial charge in [-0.3, -0.25) is 19.2 Å². The zero-order valence-corrected chi connectivity index (χ0v) is 24.7. The summed E-state index contributed by atoms with van der Waals surface area (Å²) >= 11 is 0. The molecular weight excluding hydrogens is 546 g/mol. The van der Waals surface area contributed by atoms with Crippen molar-refractivity contribution in [3.8, 4) is 0 Å². The average Bonchev–Trinajstić information content (AvgIpc) is 3.19. The molecule has 5 N–H and O–H groups in total. The Hall–Kier alpha value is -2.89. The van der Waals surface area contributed by atoms with Gasteiger partial charge in [-0.15, -0.1) is 0 Å². The lowest BCUT2D eigenvalue weighted by atomic mass is 9.46. The Morgan fingerprint density at radius 1 is 1.17 bits per heavy atom. The molecule has 42 heavy (non-hydrogen) atoms. The molecule has 4 rings (SSSR count). The van der Waals surface area contributed by atoms with Crippen LogP contribution in [0.3, 0.4) is 0 Å². The van der Waals surface area contributed by atoms with E-state index in [9.17, 15) is 39.3 Å². The molecule has 8 atom stereocenters. The highest BCUT2D eigenvalue weighted by Gasteiger charge is 2.68. The number of carboxylic acid groups (broad SMARTS) is 1. The minimum Gasteiger partial charge on any atom is -0.479 e. The molecule has 11 heteroatoms. The maximum atomic E-state index is 13.4. The van der Waals surface area contributed by atoms with Gasteiger partial charge >= 0.3 is 11.9 Å². The van der Waals surface area contributed by atoms with Crippen LogP contribution in [0.4, 0.5) is 0 Å². The third kappa shape index (κ3) is 5.46. The maximum absolute atomic E-state index is 13.4. The molecule has 3 fully saturated rings. The van der Waals surface area contributed by atoms with Crippen molar-refractivity contribution in [3.63, 3.8) is 0 Å². The van der Waals surface area contributed by atoms with E-state index in [4.69, 9.17) is 9.84 Å². The zero-order chi connectivity index (χ0) is 31.3. The Kier molecular flexibility index (Phi) is 8.63. The second kappa shape index (κ2) is 11.3. The minimum atomic E-state index is -1.78. The largest absolute Gasteiger partial charge is 0.479 e. The Labute approximate surface area is 245 Å². The fourth-order valence-electron chi connectivity index (χ4n) is 8.19. The monoisotopic (exact) mass is 589 g/mol. The second-order valence-corrected chi connectivity index (χ2v) is 13.7. The predicted molar refractivity (Wildman–Crippen MR) is 149 cm³/mol. The molecule has 0 spiro atoms. The van der Waals surface area contributed by atoms with Crippen molar-refractivity contribution in [2.75, 3.05) is 13.2 Å². The fourth-order valence-corrected chi connectivity index (χ4v) is 8.19. The van der Waals surface area contributed by atoms with E-state index in [2.05, 4.69) is 12.2 Å². The first-order valence-electron chi connectivity index (χ1n) is 14.7. The van der Waals surface area contributed by atoms with E-state index in [-0.39, 0.29) is 55.8 Å². The number of aliphatic carboxylic acids is 1. The van der Waals surface area contributed by atoms with Gasteiger partial charge in [0.15, 0.2) is 18.5 Å². The number of hydrogen-bond acceptors (Lipinski definition) is 9. The van der Waals surface area contributed by atoms with Gasteiger partial charge in [0.25, 0.3) is 0 Å². The first-order chi connectivity index (χ1) is 19.5.